The minimum absolute atomic E-state index is 0.0158. The van der Waals surface area contributed by atoms with Gasteiger partial charge in [-0.1, -0.05) is 15.5 Å². The van der Waals surface area contributed by atoms with Gasteiger partial charge in [0.25, 0.3) is 0 Å². The molecule has 0 bridgehead atoms. The number of nitrogens with one attached hydrogen (secondary N) is 1. The number of aryl methyl sites for hydroxylation is 1. The topological polar surface area (TPSA) is 45.2 Å². The summed E-state index contributed by atoms with van der Waals surface area (Å²) in [6.07, 6.45) is 3.80. The molecule has 1 aromatic rings. The van der Waals surface area contributed by atoms with E-state index in [9.17, 15) is 4.79 Å². The summed E-state index contributed by atoms with van der Waals surface area (Å²) in [6, 6.07) is 3.88. The van der Waals surface area contributed by atoms with Gasteiger partial charge in [0.05, 0.1) is 6.04 Å². The lowest BCUT2D eigenvalue weighted by Crippen LogP contribution is -2.35. The molecule has 1 amide bonds. The number of carbonyl (C=O) groups is 1. The first-order chi connectivity index (χ1) is 8.16. The highest BCUT2D eigenvalue weighted by Crippen LogP contribution is 2.22. The number of nitrogens with zero attached hydrogens (tertiary/aromatic N) is 2. The molecular formula is C11H16N3OPS. The van der Waals surface area contributed by atoms with Crippen molar-refractivity contribution in [2.24, 2.45) is 0 Å². The fourth-order valence-corrected chi connectivity index (χ4v) is 2.81. The summed E-state index contributed by atoms with van der Waals surface area (Å²) in [4.78, 5) is 16.1. The highest BCUT2D eigenvalue weighted by Gasteiger charge is 2.27. The highest BCUT2D eigenvalue weighted by atomic mass is 32.2. The van der Waals surface area contributed by atoms with E-state index in [0.717, 1.165) is 30.0 Å². The van der Waals surface area contributed by atoms with Gasteiger partial charge in [-0.25, -0.2) is 4.98 Å². The molecule has 0 aromatic carbocycles. The van der Waals surface area contributed by atoms with Crippen molar-refractivity contribution in [2.45, 2.75) is 30.8 Å². The maximum Gasteiger partial charge on any atom is 0.247 e. The average molecular weight is 269 g/mol. The van der Waals surface area contributed by atoms with Crippen LogP contribution < -0.4 is 4.72 Å². The van der Waals surface area contributed by atoms with Crippen LogP contribution in [0, 0.1) is 6.92 Å². The second-order valence-corrected chi connectivity index (χ2v) is 5.63. The predicted molar refractivity (Wildman–Crippen MR) is 72.4 cm³/mol. The third-order valence-electron chi connectivity index (χ3n) is 2.74. The zero-order valence-electron chi connectivity index (χ0n) is 9.72. The van der Waals surface area contributed by atoms with Crippen molar-refractivity contribution in [3.8, 4) is 0 Å². The Kier molecular flexibility index (Phi) is 4.37. The van der Waals surface area contributed by atoms with Crippen LogP contribution in [-0.4, -0.2) is 28.1 Å². The van der Waals surface area contributed by atoms with E-state index in [1.807, 2.05) is 23.7 Å². The molecule has 1 unspecified atom stereocenters. The first kappa shape index (κ1) is 12.8. The van der Waals surface area contributed by atoms with E-state index in [1.54, 1.807) is 6.20 Å². The van der Waals surface area contributed by atoms with Gasteiger partial charge < -0.3 is 0 Å². The summed E-state index contributed by atoms with van der Waals surface area (Å²) in [6.45, 7) is 2.96. The molecule has 0 aliphatic carbocycles. The molecular weight excluding hydrogens is 253 g/mol. The molecule has 0 radical (unpaired) electrons. The first-order valence-electron chi connectivity index (χ1n) is 5.57. The normalized spacial score (nSPS) is 20.5. The molecule has 1 saturated heterocycles. The van der Waals surface area contributed by atoms with Crippen molar-refractivity contribution in [1.82, 2.24) is 14.4 Å². The largest absolute Gasteiger partial charge is 0.293 e. The van der Waals surface area contributed by atoms with Gasteiger partial charge in [-0.3, -0.25) is 14.2 Å². The van der Waals surface area contributed by atoms with Gasteiger partial charge >= 0.3 is 0 Å². The molecule has 2 atom stereocenters. The van der Waals surface area contributed by atoms with Crippen LogP contribution in [0.25, 0.3) is 0 Å². The van der Waals surface area contributed by atoms with Crippen molar-refractivity contribution in [2.75, 3.05) is 6.54 Å². The Morgan fingerprint density at radius 1 is 1.65 bits per heavy atom. The molecule has 0 saturated carbocycles. The quantitative estimate of drug-likeness (QED) is 0.671. The molecule has 1 aliphatic heterocycles. The molecule has 1 aromatic heterocycles. The number of rotatable bonds is 3. The Bertz CT molecular complexity index is 398. The van der Waals surface area contributed by atoms with E-state index in [0.29, 0.717) is 0 Å². The monoisotopic (exact) mass is 269 g/mol. The molecule has 4 nitrogen and oxygen atoms in total. The summed E-state index contributed by atoms with van der Waals surface area (Å²) in [5.41, 5.74) is 1.12. The SMILES string of the molecule is Cc1ccc(SNC(=O)[C@@H]2CCCN2P)nc1. The summed E-state index contributed by atoms with van der Waals surface area (Å²) < 4.78 is 4.86. The summed E-state index contributed by atoms with van der Waals surface area (Å²) in [7, 11) is 2.61. The van der Waals surface area contributed by atoms with Crippen LogP contribution in [0.3, 0.4) is 0 Å². The number of hydrogen-bond acceptors (Lipinski definition) is 4. The van der Waals surface area contributed by atoms with E-state index in [-0.39, 0.29) is 11.9 Å². The van der Waals surface area contributed by atoms with Crippen molar-refractivity contribution in [1.29, 1.82) is 0 Å². The van der Waals surface area contributed by atoms with Gasteiger partial charge in [-0.15, -0.1) is 0 Å². The van der Waals surface area contributed by atoms with Crippen molar-refractivity contribution in [3.63, 3.8) is 0 Å². The summed E-state index contributed by atoms with van der Waals surface area (Å²) >= 11 is 1.28. The fourth-order valence-electron chi connectivity index (χ4n) is 1.76. The zero-order chi connectivity index (χ0) is 12.3. The second kappa shape index (κ2) is 5.80. The molecule has 92 valence electrons. The third kappa shape index (κ3) is 3.41. The van der Waals surface area contributed by atoms with Crippen LogP contribution in [-0.2, 0) is 4.79 Å². The van der Waals surface area contributed by atoms with Crippen molar-refractivity contribution in [3.05, 3.63) is 23.9 Å². The maximum atomic E-state index is 11.9. The molecule has 17 heavy (non-hydrogen) atoms. The number of aromatic nitrogens is 1. The van der Waals surface area contributed by atoms with Gasteiger partial charge in [0.2, 0.25) is 5.91 Å². The molecule has 2 rings (SSSR count). The van der Waals surface area contributed by atoms with E-state index >= 15 is 0 Å². The molecule has 1 N–H and O–H groups in total. The van der Waals surface area contributed by atoms with Crippen molar-refractivity contribution < 1.29 is 4.79 Å². The van der Waals surface area contributed by atoms with Crippen LogP contribution in [0.15, 0.2) is 23.4 Å². The Morgan fingerprint density at radius 2 is 2.47 bits per heavy atom. The zero-order valence-corrected chi connectivity index (χ0v) is 11.7. The lowest BCUT2D eigenvalue weighted by Gasteiger charge is -2.17. The van der Waals surface area contributed by atoms with E-state index in [4.69, 9.17) is 0 Å². The second-order valence-electron chi connectivity index (χ2n) is 4.14. The first-order valence-corrected chi connectivity index (χ1v) is 6.91. The summed E-state index contributed by atoms with van der Waals surface area (Å²) in [5.74, 6) is 0.0601. The Labute approximate surface area is 108 Å². The highest BCUT2D eigenvalue weighted by molar-refractivity contribution is 7.97. The average Bonchev–Trinajstić information content (AvgIpc) is 2.74. The van der Waals surface area contributed by atoms with Gasteiger partial charge in [0.1, 0.15) is 5.03 Å². The van der Waals surface area contributed by atoms with Crippen LogP contribution in [0.2, 0.25) is 0 Å². The van der Waals surface area contributed by atoms with Crippen molar-refractivity contribution >= 4 is 27.2 Å². The minimum atomic E-state index is -0.0158. The Morgan fingerprint density at radius 3 is 3.06 bits per heavy atom. The van der Waals surface area contributed by atoms with Gasteiger partial charge in [0, 0.05) is 24.7 Å². The van der Waals surface area contributed by atoms with Gasteiger partial charge in [-0.05, 0) is 31.4 Å². The molecule has 2 heterocycles. The van der Waals surface area contributed by atoms with E-state index in [1.165, 1.54) is 11.9 Å². The molecule has 1 fully saturated rings. The Balaban J connectivity index is 1.85. The van der Waals surface area contributed by atoms with E-state index < -0.39 is 0 Å². The maximum absolute atomic E-state index is 11.9. The molecule has 1 aliphatic rings. The minimum Gasteiger partial charge on any atom is -0.293 e. The lowest BCUT2D eigenvalue weighted by molar-refractivity contribution is -0.122. The third-order valence-corrected chi connectivity index (χ3v) is 4.11. The number of hydrogen-bond donors (Lipinski definition) is 1. The summed E-state index contributed by atoms with van der Waals surface area (Å²) in [5, 5.41) is 0.817. The van der Waals surface area contributed by atoms with Crippen LogP contribution in [0.4, 0.5) is 0 Å². The number of pyridine rings is 1. The number of amides is 1. The van der Waals surface area contributed by atoms with Gasteiger partial charge in [0.15, 0.2) is 0 Å². The Hall–Kier alpha value is -0.640. The molecule has 0 spiro atoms. The van der Waals surface area contributed by atoms with Crippen LogP contribution >= 0.6 is 21.3 Å². The predicted octanol–water partition coefficient (Wildman–Crippen LogP) is 1.77. The fraction of sp³-hybridized carbons (Fsp3) is 0.455. The van der Waals surface area contributed by atoms with Crippen LogP contribution in [0.1, 0.15) is 18.4 Å². The van der Waals surface area contributed by atoms with Gasteiger partial charge in [-0.2, -0.15) is 0 Å². The van der Waals surface area contributed by atoms with Crippen LogP contribution in [0.5, 0.6) is 0 Å². The van der Waals surface area contributed by atoms with E-state index in [2.05, 4.69) is 19.1 Å². The molecule has 6 heteroatoms. The lowest BCUT2D eigenvalue weighted by atomic mass is 10.2. The number of carbonyl (C=O) groups excluding carboxylic acids is 1. The smallest absolute Gasteiger partial charge is 0.247 e. The standard InChI is InChI=1S/C11H16N3OPS/c1-8-4-5-10(12-7-8)17-13-11(15)9-3-2-6-14(9)16/h4-5,7,9H,2-3,6,16H2,1H3,(H,13,15)/t9-/m0/s1.